The molecule has 0 fully saturated rings. The van der Waals surface area contributed by atoms with Crippen LogP contribution in [0.4, 0.5) is 16.2 Å². The zero-order valence-corrected chi connectivity index (χ0v) is 18.3. The molecule has 4 rings (SSSR count). The second-order valence-electron chi connectivity index (χ2n) is 7.82. The van der Waals surface area contributed by atoms with Crippen LogP contribution in [-0.2, 0) is 13.0 Å². The fourth-order valence-corrected chi connectivity index (χ4v) is 3.95. The summed E-state index contributed by atoms with van der Waals surface area (Å²) in [6.07, 6.45) is 0.819. The first-order valence-electron chi connectivity index (χ1n) is 10.8. The lowest BCUT2D eigenvalue weighted by Gasteiger charge is -2.23. The van der Waals surface area contributed by atoms with Crippen LogP contribution >= 0.6 is 0 Å². The lowest BCUT2D eigenvalue weighted by atomic mass is 10.1. The molecule has 0 spiro atoms. The molecule has 0 aromatic heterocycles. The van der Waals surface area contributed by atoms with E-state index in [9.17, 15) is 9.59 Å². The average molecular weight is 430 g/mol. The molecule has 3 amide bonds. The quantitative estimate of drug-likeness (QED) is 0.579. The number of nitrogens with zero attached hydrogens (tertiary/aromatic N) is 1. The van der Waals surface area contributed by atoms with Crippen molar-refractivity contribution in [3.05, 3.63) is 89.5 Å². The van der Waals surface area contributed by atoms with Crippen molar-refractivity contribution >= 4 is 23.3 Å². The standard InChI is InChI=1S/C26H27N3O3/c1-3-32-23-13-11-22(12-14-23)28-26(31)27-17-19-9-10-21-15-18(2)29(24(21)16-19)25(30)20-7-5-4-6-8-20/h4-14,16,18H,3,15,17H2,1-2H3,(H2,27,28,31)/t18-/m0/s1. The first-order valence-corrected chi connectivity index (χ1v) is 10.8. The normalized spacial score (nSPS) is 14.6. The maximum atomic E-state index is 13.1. The van der Waals surface area contributed by atoms with Gasteiger partial charge >= 0.3 is 6.03 Å². The van der Waals surface area contributed by atoms with Crippen molar-refractivity contribution in [3.63, 3.8) is 0 Å². The predicted molar refractivity (Wildman–Crippen MR) is 126 cm³/mol. The fourth-order valence-electron chi connectivity index (χ4n) is 3.95. The Morgan fingerprint density at radius 3 is 2.50 bits per heavy atom. The van der Waals surface area contributed by atoms with E-state index in [0.717, 1.165) is 29.0 Å². The first-order chi connectivity index (χ1) is 15.5. The second kappa shape index (κ2) is 9.56. The van der Waals surface area contributed by atoms with Gasteiger partial charge in [0.2, 0.25) is 0 Å². The van der Waals surface area contributed by atoms with Gasteiger partial charge in [-0.25, -0.2) is 4.79 Å². The molecule has 0 saturated heterocycles. The minimum Gasteiger partial charge on any atom is -0.494 e. The summed E-state index contributed by atoms with van der Waals surface area (Å²) in [5.41, 5.74) is 4.35. The number of carbonyl (C=O) groups is 2. The number of ether oxygens (including phenoxy) is 1. The van der Waals surface area contributed by atoms with E-state index in [2.05, 4.69) is 17.6 Å². The van der Waals surface area contributed by atoms with Crippen molar-refractivity contribution in [1.82, 2.24) is 5.32 Å². The van der Waals surface area contributed by atoms with E-state index < -0.39 is 0 Å². The van der Waals surface area contributed by atoms with Crippen LogP contribution < -0.4 is 20.3 Å². The van der Waals surface area contributed by atoms with Crippen molar-refractivity contribution in [3.8, 4) is 5.75 Å². The number of amides is 3. The monoisotopic (exact) mass is 429 g/mol. The summed E-state index contributed by atoms with van der Waals surface area (Å²) in [6.45, 7) is 4.94. The van der Waals surface area contributed by atoms with Gasteiger partial charge in [-0.1, -0.05) is 30.3 Å². The number of anilines is 2. The van der Waals surface area contributed by atoms with Crippen molar-refractivity contribution in [1.29, 1.82) is 0 Å². The number of urea groups is 1. The van der Waals surface area contributed by atoms with Gasteiger partial charge in [0.05, 0.1) is 6.61 Å². The van der Waals surface area contributed by atoms with Gasteiger partial charge in [0.1, 0.15) is 5.75 Å². The summed E-state index contributed by atoms with van der Waals surface area (Å²) < 4.78 is 5.41. The molecule has 0 aliphatic carbocycles. The summed E-state index contributed by atoms with van der Waals surface area (Å²) in [7, 11) is 0. The SMILES string of the molecule is CCOc1ccc(NC(=O)NCc2ccc3c(c2)N(C(=O)c2ccccc2)[C@@H](C)C3)cc1. The van der Waals surface area contributed by atoms with E-state index in [0.29, 0.717) is 24.4 Å². The summed E-state index contributed by atoms with van der Waals surface area (Å²) in [5.74, 6) is 0.760. The molecule has 0 bridgehead atoms. The van der Waals surface area contributed by atoms with Crippen LogP contribution in [0.2, 0.25) is 0 Å². The van der Waals surface area contributed by atoms with Crippen LogP contribution in [0.1, 0.15) is 35.3 Å². The van der Waals surface area contributed by atoms with Crippen LogP contribution in [0.25, 0.3) is 0 Å². The second-order valence-corrected chi connectivity index (χ2v) is 7.82. The molecule has 1 heterocycles. The summed E-state index contributed by atoms with van der Waals surface area (Å²) in [4.78, 5) is 27.3. The Bertz CT molecular complexity index is 1100. The highest BCUT2D eigenvalue weighted by Crippen LogP contribution is 2.34. The third-order valence-electron chi connectivity index (χ3n) is 5.48. The van der Waals surface area contributed by atoms with Crippen LogP contribution in [-0.4, -0.2) is 24.6 Å². The zero-order valence-electron chi connectivity index (χ0n) is 18.3. The maximum Gasteiger partial charge on any atom is 0.319 e. The molecule has 6 nitrogen and oxygen atoms in total. The molecular formula is C26H27N3O3. The van der Waals surface area contributed by atoms with Crippen LogP contribution in [0.3, 0.4) is 0 Å². The van der Waals surface area contributed by atoms with Crippen molar-refractivity contribution in [2.24, 2.45) is 0 Å². The number of rotatable bonds is 6. The Kier molecular flexibility index (Phi) is 6.40. The Hall–Kier alpha value is -3.80. The van der Waals surface area contributed by atoms with Crippen LogP contribution in [0, 0.1) is 0 Å². The molecule has 32 heavy (non-hydrogen) atoms. The third-order valence-corrected chi connectivity index (χ3v) is 5.48. The predicted octanol–water partition coefficient (Wildman–Crippen LogP) is 5.00. The molecule has 2 N–H and O–H groups in total. The molecule has 0 saturated carbocycles. The van der Waals surface area contributed by atoms with E-state index in [1.165, 1.54) is 0 Å². The smallest absolute Gasteiger partial charge is 0.319 e. The maximum absolute atomic E-state index is 13.1. The Morgan fingerprint density at radius 2 is 1.78 bits per heavy atom. The van der Waals surface area contributed by atoms with Gasteiger partial charge in [0, 0.05) is 29.5 Å². The molecule has 0 radical (unpaired) electrons. The minimum atomic E-state index is -0.291. The topological polar surface area (TPSA) is 70.7 Å². The lowest BCUT2D eigenvalue weighted by molar-refractivity contribution is 0.0981. The van der Waals surface area contributed by atoms with Crippen LogP contribution in [0.15, 0.2) is 72.8 Å². The molecule has 3 aromatic carbocycles. The molecular weight excluding hydrogens is 402 g/mol. The van der Waals surface area contributed by atoms with Crippen molar-refractivity contribution in [2.75, 3.05) is 16.8 Å². The summed E-state index contributed by atoms with van der Waals surface area (Å²) in [5, 5.41) is 5.70. The molecule has 1 atom stereocenters. The molecule has 0 unspecified atom stereocenters. The summed E-state index contributed by atoms with van der Waals surface area (Å²) >= 11 is 0. The van der Waals surface area contributed by atoms with E-state index in [1.807, 2.05) is 72.5 Å². The average Bonchev–Trinajstić information content (AvgIpc) is 3.14. The highest BCUT2D eigenvalue weighted by molar-refractivity contribution is 6.07. The number of carbonyl (C=O) groups excluding carboxylic acids is 2. The molecule has 3 aromatic rings. The third kappa shape index (κ3) is 4.75. The number of benzene rings is 3. The van der Waals surface area contributed by atoms with E-state index in [4.69, 9.17) is 4.74 Å². The largest absolute Gasteiger partial charge is 0.494 e. The van der Waals surface area contributed by atoms with Gasteiger partial charge in [0.15, 0.2) is 0 Å². The fraction of sp³-hybridized carbons (Fsp3) is 0.231. The number of hydrogen-bond acceptors (Lipinski definition) is 3. The zero-order chi connectivity index (χ0) is 22.5. The number of nitrogens with one attached hydrogen (secondary N) is 2. The van der Waals surface area contributed by atoms with Gasteiger partial charge in [-0.15, -0.1) is 0 Å². The Labute approximate surface area is 188 Å². The lowest BCUT2D eigenvalue weighted by Crippen LogP contribution is -2.35. The van der Waals surface area contributed by atoms with Crippen molar-refractivity contribution in [2.45, 2.75) is 32.9 Å². The van der Waals surface area contributed by atoms with Gasteiger partial charge in [-0.3, -0.25) is 4.79 Å². The Balaban J connectivity index is 1.41. The van der Waals surface area contributed by atoms with Gasteiger partial charge in [-0.05, 0) is 73.9 Å². The van der Waals surface area contributed by atoms with Crippen molar-refractivity contribution < 1.29 is 14.3 Å². The summed E-state index contributed by atoms with van der Waals surface area (Å²) in [6, 6.07) is 22.4. The highest BCUT2D eigenvalue weighted by Gasteiger charge is 2.31. The van der Waals surface area contributed by atoms with Gasteiger partial charge in [-0.2, -0.15) is 0 Å². The van der Waals surface area contributed by atoms with Gasteiger partial charge < -0.3 is 20.3 Å². The molecule has 1 aliphatic rings. The van der Waals surface area contributed by atoms with E-state index in [-0.39, 0.29) is 18.0 Å². The van der Waals surface area contributed by atoms with Gasteiger partial charge in [0.25, 0.3) is 5.91 Å². The van der Waals surface area contributed by atoms with Crippen LogP contribution in [0.5, 0.6) is 5.75 Å². The van der Waals surface area contributed by atoms with E-state index in [1.54, 1.807) is 12.1 Å². The number of fused-ring (bicyclic) bond motifs is 1. The first kappa shape index (κ1) is 21.4. The minimum absolute atomic E-state index is 0.00444. The highest BCUT2D eigenvalue weighted by atomic mass is 16.5. The molecule has 1 aliphatic heterocycles. The van der Waals surface area contributed by atoms with E-state index >= 15 is 0 Å². The molecule has 164 valence electrons. The number of hydrogen-bond donors (Lipinski definition) is 2. The molecule has 6 heteroatoms. The Morgan fingerprint density at radius 1 is 1.03 bits per heavy atom.